The number of likely N-dealkylation sites (tertiary alicyclic amines) is 1. The second kappa shape index (κ2) is 27.6. The number of hydrogen-bond acceptors (Lipinski definition) is 15. The first-order chi connectivity index (χ1) is 32.1. The highest BCUT2D eigenvalue weighted by atomic mass is 33.1. The number of nitrogens with two attached hydrogens (primary N) is 5. The number of aliphatic hydroxyl groups excluding tert-OH is 1. The smallest absolute Gasteiger partial charge is 0.246 e. The summed E-state index contributed by atoms with van der Waals surface area (Å²) in [5, 5.41) is 28.0. The average molecular weight is 993 g/mol. The third kappa shape index (κ3) is 18.1. The maximum atomic E-state index is 14.4. The molecule has 18 N–H and O–H groups in total. The molecule has 1 aromatic carbocycles. The Morgan fingerprint density at radius 3 is 2.04 bits per heavy atom. The van der Waals surface area contributed by atoms with Crippen molar-refractivity contribution in [2.45, 2.75) is 114 Å². The van der Waals surface area contributed by atoms with Crippen LogP contribution in [0.4, 0.5) is 0 Å². The second-order valence-electron chi connectivity index (χ2n) is 16.6. The molecule has 2 aliphatic heterocycles. The van der Waals surface area contributed by atoms with Crippen LogP contribution in [0.15, 0.2) is 35.3 Å². The lowest BCUT2D eigenvalue weighted by atomic mass is 10.00. The van der Waals surface area contributed by atoms with Crippen LogP contribution in [0.2, 0.25) is 0 Å². The molecule has 27 heteroatoms. The van der Waals surface area contributed by atoms with E-state index in [9.17, 15) is 53.1 Å². The Bertz CT molecular complexity index is 2010. The fourth-order valence-electron chi connectivity index (χ4n) is 7.05. The SMILES string of the molecule is CC(C)[C@@H]1NC(=O)[C@H](Cc2ccccc2)NC(=O)[C@@H](N)CSSC[C@@H](C(=O)N2CCC[C@H]2C(=O)N[C@H](C(=O)NCC(N)=O)[C@@H](C)O)NC(=O)[C@H](CC(N)=O)NC(=O)[C@H](CCCN=C(N)N)NC1=O. The van der Waals surface area contributed by atoms with E-state index in [1.54, 1.807) is 44.2 Å². The molecule has 0 aliphatic carbocycles. The Balaban J connectivity index is 2.04. The van der Waals surface area contributed by atoms with Crippen molar-refractivity contribution < 1.29 is 53.1 Å². The summed E-state index contributed by atoms with van der Waals surface area (Å²) < 4.78 is 0. The van der Waals surface area contributed by atoms with E-state index < -0.39 is 132 Å². The number of aliphatic hydroxyl groups is 1. The molecule has 2 heterocycles. The minimum atomic E-state index is -1.71. The van der Waals surface area contributed by atoms with Gasteiger partial charge in [0, 0.05) is 31.0 Å². The molecule has 0 saturated carbocycles. The van der Waals surface area contributed by atoms with Gasteiger partial charge in [-0.15, -0.1) is 0 Å². The maximum Gasteiger partial charge on any atom is 0.246 e. The van der Waals surface area contributed by atoms with E-state index in [4.69, 9.17) is 28.7 Å². The highest BCUT2D eigenvalue weighted by Crippen LogP contribution is 2.26. The number of carbonyl (C=O) groups is 10. The van der Waals surface area contributed by atoms with Gasteiger partial charge in [-0.05, 0) is 44.1 Å². The zero-order valence-corrected chi connectivity index (χ0v) is 39.7. The van der Waals surface area contributed by atoms with E-state index >= 15 is 0 Å². The topological polar surface area (TPSA) is 421 Å². The van der Waals surface area contributed by atoms with E-state index in [2.05, 4.69) is 42.2 Å². The molecule has 3 rings (SSSR count). The van der Waals surface area contributed by atoms with Crippen LogP contribution in [0.5, 0.6) is 0 Å². The lowest BCUT2D eigenvalue weighted by Gasteiger charge is -2.31. The Morgan fingerprint density at radius 1 is 0.809 bits per heavy atom. The molecule has 9 atom stereocenters. The molecule has 0 radical (unpaired) electrons. The van der Waals surface area contributed by atoms with E-state index in [-0.39, 0.29) is 56.2 Å². The lowest BCUT2D eigenvalue weighted by molar-refractivity contribution is -0.142. The summed E-state index contributed by atoms with van der Waals surface area (Å²) in [4.78, 5) is 139. The largest absolute Gasteiger partial charge is 0.391 e. The molecule has 2 saturated heterocycles. The summed E-state index contributed by atoms with van der Waals surface area (Å²) in [7, 11) is 2.06. The van der Waals surface area contributed by atoms with E-state index in [0.29, 0.717) is 12.0 Å². The summed E-state index contributed by atoms with van der Waals surface area (Å²) in [5.74, 6) is -9.78. The van der Waals surface area contributed by atoms with Gasteiger partial charge in [0.15, 0.2) is 5.96 Å². The van der Waals surface area contributed by atoms with Gasteiger partial charge in [0.1, 0.15) is 42.3 Å². The monoisotopic (exact) mass is 992 g/mol. The molecule has 0 aromatic heterocycles. The van der Waals surface area contributed by atoms with Crippen molar-refractivity contribution in [2.24, 2.45) is 39.6 Å². The highest BCUT2D eigenvalue weighted by molar-refractivity contribution is 8.76. The number of hydrogen-bond donors (Lipinski definition) is 13. The van der Waals surface area contributed by atoms with Crippen molar-refractivity contribution in [1.29, 1.82) is 0 Å². The van der Waals surface area contributed by atoms with Gasteiger partial charge in [0.05, 0.1) is 25.1 Å². The van der Waals surface area contributed by atoms with Gasteiger partial charge in [0.2, 0.25) is 59.1 Å². The summed E-state index contributed by atoms with van der Waals surface area (Å²) in [6.07, 6.45) is -1.77. The predicted molar refractivity (Wildman–Crippen MR) is 252 cm³/mol. The van der Waals surface area contributed by atoms with Crippen LogP contribution >= 0.6 is 21.6 Å². The van der Waals surface area contributed by atoms with Gasteiger partial charge in [-0.2, -0.15) is 0 Å². The molecule has 0 bridgehead atoms. The van der Waals surface area contributed by atoms with Crippen LogP contribution in [0, 0.1) is 5.92 Å². The number of benzene rings is 1. The number of primary amides is 2. The predicted octanol–water partition coefficient (Wildman–Crippen LogP) is -5.58. The van der Waals surface area contributed by atoms with Crippen molar-refractivity contribution >= 4 is 86.6 Å². The third-order valence-electron chi connectivity index (χ3n) is 10.6. The Hall–Kier alpha value is -6.19. The molecule has 25 nitrogen and oxygen atoms in total. The molecule has 2 aliphatic rings. The van der Waals surface area contributed by atoms with Crippen molar-refractivity contribution in [1.82, 2.24) is 42.1 Å². The first-order valence-corrected chi connectivity index (χ1v) is 24.3. The maximum absolute atomic E-state index is 14.4. The number of carbonyl (C=O) groups excluding carboxylic acids is 10. The molecule has 0 spiro atoms. The molecule has 2 fully saturated rings. The van der Waals surface area contributed by atoms with E-state index in [0.717, 1.165) is 26.5 Å². The quantitative estimate of drug-likeness (QED) is 0.0318. The molecule has 10 amide bonds. The lowest BCUT2D eigenvalue weighted by Crippen LogP contribution is -2.61. The van der Waals surface area contributed by atoms with Gasteiger partial charge in [-0.3, -0.25) is 52.9 Å². The van der Waals surface area contributed by atoms with Gasteiger partial charge in [-0.1, -0.05) is 65.8 Å². The number of rotatable bonds is 16. The zero-order chi connectivity index (χ0) is 50.7. The normalized spacial score (nSPS) is 24.4. The highest BCUT2D eigenvalue weighted by Gasteiger charge is 2.41. The van der Waals surface area contributed by atoms with Crippen LogP contribution in [0.25, 0.3) is 0 Å². The fraction of sp³-hybridized carbons (Fsp3) is 0.585. The number of nitrogens with zero attached hydrogens (tertiary/aromatic N) is 2. The van der Waals surface area contributed by atoms with Crippen molar-refractivity contribution in [3.63, 3.8) is 0 Å². The zero-order valence-electron chi connectivity index (χ0n) is 38.1. The van der Waals surface area contributed by atoms with Crippen molar-refractivity contribution in [3.8, 4) is 0 Å². The molecule has 0 unspecified atom stereocenters. The van der Waals surface area contributed by atoms with Gasteiger partial charge >= 0.3 is 0 Å². The number of guanidine groups is 1. The van der Waals surface area contributed by atoms with Gasteiger partial charge in [0.25, 0.3) is 0 Å². The molecule has 376 valence electrons. The van der Waals surface area contributed by atoms with E-state index in [1.807, 2.05) is 0 Å². The first kappa shape index (κ1) is 56.1. The van der Waals surface area contributed by atoms with Crippen LogP contribution in [-0.2, 0) is 54.4 Å². The first-order valence-electron chi connectivity index (χ1n) is 21.8. The van der Waals surface area contributed by atoms with Gasteiger partial charge < -0.3 is 75.9 Å². The Morgan fingerprint density at radius 2 is 1.43 bits per heavy atom. The Labute approximate surface area is 400 Å². The van der Waals surface area contributed by atoms with Crippen LogP contribution in [0.3, 0.4) is 0 Å². The van der Waals surface area contributed by atoms with Gasteiger partial charge in [-0.25, -0.2) is 0 Å². The third-order valence-corrected chi connectivity index (χ3v) is 13.1. The molecule has 68 heavy (non-hydrogen) atoms. The minimum Gasteiger partial charge on any atom is -0.391 e. The molecular weight excluding hydrogens is 929 g/mol. The second-order valence-corrected chi connectivity index (χ2v) is 19.1. The number of amides is 10. The van der Waals surface area contributed by atoms with Crippen molar-refractivity contribution in [2.75, 3.05) is 31.1 Å². The standard InChI is InChI=1S/C41H64N14O11S2/c1-20(2)31-39(65)49-24(11-7-13-47-41(45)46)34(60)51-26(16-29(43)57)35(61)52-27(19-68-67-18-23(42)33(59)50-25(36(62)53-31)15-22-9-5-4-6-10-22)40(66)55-14-8-12-28(55)37(63)54-32(21(3)56)38(64)48-17-30(44)58/h4-6,9-10,20-21,23-28,31-32,56H,7-8,11-19,42H2,1-3H3,(H2,43,57)(H2,44,58)(H,48,64)(H,49,65)(H,50,59)(H,51,60)(H,52,61)(H,53,62)(H,54,63)(H4,45,46,47)/t21-,23+,24+,25+,26+,27+,28+,31+,32+/m1/s1. The summed E-state index contributed by atoms with van der Waals surface area (Å²) in [6.45, 7) is 3.98. The van der Waals surface area contributed by atoms with Crippen LogP contribution < -0.4 is 65.9 Å². The van der Waals surface area contributed by atoms with Crippen LogP contribution in [0.1, 0.15) is 58.4 Å². The summed E-state index contributed by atoms with van der Waals surface area (Å²) >= 11 is 0. The van der Waals surface area contributed by atoms with Crippen LogP contribution in [-0.4, -0.2) is 161 Å². The number of aliphatic imine (C=N–C) groups is 1. The van der Waals surface area contributed by atoms with Crippen molar-refractivity contribution in [3.05, 3.63) is 35.9 Å². The fourth-order valence-corrected chi connectivity index (χ4v) is 9.32. The van der Waals surface area contributed by atoms with E-state index in [1.165, 1.54) is 6.92 Å². The molecule has 1 aromatic rings. The Kier molecular flexibility index (Phi) is 22.8. The minimum absolute atomic E-state index is 0.0111. The number of nitrogens with one attached hydrogen (secondary N) is 7. The summed E-state index contributed by atoms with van der Waals surface area (Å²) in [5.41, 5.74) is 28.6. The summed E-state index contributed by atoms with van der Waals surface area (Å²) in [6, 6.07) is -2.27. The molecular formula is C41H64N14O11S2. The average Bonchev–Trinajstić information content (AvgIpc) is 3.77.